The van der Waals surface area contributed by atoms with Crippen molar-refractivity contribution in [2.24, 2.45) is 5.92 Å². The van der Waals surface area contributed by atoms with Crippen LogP contribution in [0.1, 0.15) is 25.1 Å². The van der Waals surface area contributed by atoms with Gasteiger partial charge in [-0.3, -0.25) is 9.38 Å². The van der Waals surface area contributed by atoms with Crippen LogP contribution in [-0.4, -0.2) is 32.7 Å². The number of rotatable bonds is 3. The highest BCUT2D eigenvalue weighted by Gasteiger charge is 2.14. The lowest BCUT2D eigenvalue weighted by molar-refractivity contribution is 0.356. The molecule has 2 aromatic rings. The van der Waals surface area contributed by atoms with Crippen molar-refractivity contribution in [3.63, 3.8) is 0 Å². The van der Waals surface area contributed by atoms with Gasteiger partial charge in [0.1, 0.15) is 5.82 Å². The fourth-order valence-electron chi connectivity index (χ4n) is 2.48. The van der Waals surface area contributed by atoms with Gasteiger partial charge in [0, 0.05) is 18.8 Å². The summed E-state index contributed by atoms with van der Waals surface area (Å²) in [6.07, 6.45) is 10.3. The highest BCUT2D eigenvalue weighted by Crippen LogP contribution is 2.16. The molecule has 0 aromatic carbocycles. The Kier molecular flexibility index (Phi) is 3.00. The van der Waals surface area contributed by atoms with Crippen molar-refractivity contribution in [1.82, 2.24) is 24.9 Å². The summed E-state index contributed by atoms with van der Waals surface area (Å²) in [5, 5.41) is 11.8. The van der Waals surface area contributed by atoms with Crippen molar-refractivity contribution in [1.29, 1.82) is 0 Å². The minimum absolute atomic E-state index is 0.790. The van der Waals surface area contributed by atoms with Gasteiger partial charge in [-0.1, -0.05) is 0 Å². The van der Waals surface area contributed by atoms with Crippen LogP contribution < -0.4 is 5.32 Å². The van der Waals surface area contributed by atoms with Crippen LogP contribution in [0.25, 0.3) is 5.65 Å². The molecule has 90 valence electrons. The molecule has 0 aliphatic carbocycles. The van der Waals surface area contributed by atoms with Crippen molar-refractivity contribution < 1.29 is 0 Å². The molecule has 0 saturated carbocycles. The predicted octanol–water partition coefficient (Wildman–Crippen LogP) is 1.06. The van der Waals surface area contributed by atoms with E-state index in [2.05, 4.69) is 20.5 Å². The maximum atomic E-state index is 4.23. The number of nitrogens with zero attached hydrogens (tertiary/aromatic N) is 4. The highest BCUT2D eigenvalue weighted by atomic mass is 15.2. The van der Waals surface area contributed by atoms with Crippen molar-refractivity contribution in [3.05, 3.63) is 24.4 Å². The summed E-state index contributed by atoms with van der Waals surface area (Å²) in [5.41, 5.74) is 0.837. The van der Waals surface area contributed by atoms with Crippen molar-refractivity contribution in [3.8, 4) is 0 Å². The normalized spacial score (nSPS) is 20.8. The van der Waals surface area contributed by atoms with E-state index in [4.69, 9.17) is 0 Å². The summed E-state index contributed by atoms with van der Waals surface area (Å²) in [5.74, 6) is 1.84. The van der Waals surface area contributed by atoms with Crippen LogP contribution >= 0.6 is 0 Å². The van der Waals surface area contributed by atoms with Gasteiger partial charge in [-0.05, 0) is 38.3 Å². The first-order chi connectivity index (χ1) is 8.43. The number of aromatic nitrogens is 4. The van der Waals surface area contributed by atoms with E-state index in [1.54, 1.807) is 12.4 Å². The van der Waals surface area contributed by atoms with Gasteiger partial charge in [0.2, 0.25) is 0 Å². The Bertz CT molecular complexity index is 486. The van der Waals surface area contributed by atoms with Crippen LogP contribution in [0.15, 0.2) is 18.6 Å². The van der Waals surface area contributed by atoms with Crippen LogP contribution in [-0.2, 0) is 6.42 Å². The van der Waals surface area contributed by atoms with E-state index in [-0.39, 0.29) is 0 Å². The predicted molar refractivity (Wildman–Crippen MR) is 64.7 cm³/mol. The van der Waals surface area contributed by atoms with E-state index in [1.807, 2.05) is 10.6 Å². The maximum Gasteiger partial charge on any atom is 0.179 e. The molecule has 2 aromatic heterocycles. The largest absolute Gasteiger partial charge is 0.316 e. The van der Waals surface area contributed by atoms with Crippen molar-refractivity contribution in [2.75, 3.05) is 13.1 Å². The van der Waals surface area contributed by atoms with E-state index in [0.717, 1.165) is 30.4 Å². The third-order valence-electron chi connectivity index (χ3n) is 3.46. The molecule has 0 radical (unpaired) electrons. The second-order valence-corrected chi connectivity index (χ2v) is 4.67. The molecule has 1 fully saturated rings. The number of fused-ring (bicyclic) bond motifs is 1. The standard InChI is InChI=1S/C12H17N5/c1-2-10(8-13-5-1)3-4-11-15-16-12-9-14-6-7-17(11)12/h6-7,9-10,13H,1-5,8H2. The van der Waals surface area contributed by atoms with Gasteiger partial charge in [-0.25, -0.2) is 0 Å². The smallest absolute Gasteiger partial charge is 0.179 e. The van der Waals surface area contributed by atoms with Crippen LogP contribution in [0, 0.1) is 5.92 Å². The molecule has 5 heteroatoms. The van der Waals surface area contributed by atoms with Crippen LogP contribution in [0.3, 0.4) is 0 Å². The number of hydrogen-bond acceptors (Lipinski definition) is 4. The van der Waals surface area contributed by atoms with Crippen LogP contribution in [0.4, 0.5) is 0 Å². The molecule has 3 heterocycles. The maximum absolute atomic E-state index is 4.23. The topological polar surface area (TPSA) is 55.1 Å². The number of aryl methyl sites for hydroxylation is 1. The van der Waals surface area contributed by atoms with E-state index >= 15 is 0 Å². The Morgan fingerprint density at radius 3 is 3.29 bits per heavy atom. The molecule has 1 atom stereocenters. The second kappa shape index (κ2) is 4.79. The molecule has 17 heavy (non-hydrogen) atoms. The lowest BCUT2D eigenvalue weighted by Crippen LogP contribution is -2.30. The highest BCUT2D eigenvalue weighted by molar-refractivity contribution is 5.33. The first-order valence-corrected chi connectivity index (χ1v) is 6.28. The molecule has 1 N–H and O–H groups in total. The lowest BCUT2D eigenvalue weighted by atomic mass is 9.94. The SMILES string of the molecule is c1cn2c(CCC3CCCNC3)nnc2cn1. The van der Waals surface area contributed by atoms with Gasteiger partial charge < -0.3 is 5.32 Å². The molecule has 1 saturated heterocycles. The first kappa shape index (κ1) is 10.7. The molecular weight excluding hydrogens is 214 g/mol. The van der Waals surface area contributed by atoms with E-state index in [9.17, 15) is 0 Å². The van der Waals surface area contributed by atoms with Crippen molar-refractivity contribution >= 4 is 5.65 Å². The van der Waals surface area contributed by atoms with Gasteiger partial charge in [-0.2, -0.15) is 0 Å². The minimum atomic E-state index is 0.790. The van der Waals surface area contributed by atoms with Gasteiger partial charge in [-0.15, -0.1) is 10.2 Å². The zero-order valence-corrected chi connectivity index (χ0v) is 9.84. The fourth-order valence-corrected chi connectivity index (χ4v) is 2.48. The van der Waals surface area contributed by atoms with Crippen LogP contribution in [0.2, 0.25) is 0 Å². The Balaban J connectivity index is 1.68. The molecule has 5 nitrogen and oxygen atoms in total. The summed E-state index contributed by atoms with van der Waals surface area (Å²) in [4.78, 5) is 4.04. The number of hydrogen-bond donors (Lipinski definition) is 1. The molecule has 0 bridgehead atoms. The third kappa shape index (κ3) is 2.29. The summed E-state index contributed by atoms with van der Waals surface area (Å²) in [7, 11) is 0. The molecule has 0 spiro atoms. The lowest BCUT2D eigenvalue weighted by Gasteiger charge is -2.22. The Morgan fingerprint density at radius 1 is 1.41 bits per heavy atom. The first-order valence-electron chi connectivity index (χ1n) is 6.28. The van der Waals surface area contributed by atoms with Gasteiger partial charge >= 0.3 is 0 Å². The Morgan fingerprint density at radius 2 is 2.41 bits per heavy atom. The zero-order valence-electron chi connectivity index (χ0n) is 9.84. The summed E-state index contributed by atoms with van der Waals surface area (Å²) < 4.78 is 2.03. The average molecular weight is 231 g/mol. The molecule has 0 amide bonds. The molecule has 1 unspecified atom stereocenters. The second-order valence-electron chi connectivity index (χ2n) is 4.67. The van der Waals surface area contributed by atoms with Gasteiger partial charge in [0.15, 0.2) is 5.65 Å². The Hall–Kier alpha value is -1.49. The number of piperidine rings is 1. The minimum Gasteiger partial charge on any atom is -0.316 e. The third-order valence-corrected chi connectivity index (χ3v) is 3.46. The monoisotopic (exact) mass is 231 g/mol. The average Bonchev–Trinajstić information content (AvgIpc) is 2.81. The van der Waals surface area contributed by atoms with Crippen molar-refractivity contribution in [2.45, 2.75) is 25.7 Å². The zero-order chi connectivity index (χ0) is 11.5. The summed E-state index contributed by atoms with van der Waals surface area (Å²) >= 11 is 0. The molecule has 1 aliphatic heterocycles. The summed E-state index contributed by atoms with van der Waals surface area (Å²) in [6.45, 7) is 2.33. The van der Waals surface area contributed by atoms with Gasteiger partial charge in [0.05, 0.1) is 6.20 Å². The van der Waals surface area contributed by atoms with E-state index in [0.29, 0.717) is 0 Å². The molecule has 3 rings (SSSR count). The Labute approximate surface area is 100 Å². The fraction of sp³-hybridized carbons (Fsp3) is 0.583. The quantitative estimate of drug-likeness (QED) is 0.858. The van der Waals surface area contributed by atoms with Gasteiger partial charge in [0.25, 0.3) is 0 Å². The van der Waals surface area contributed by atoms with E-state index < -0.39 is 0 Å². The molecular formula is C12H17N5. The van der Waals surface area contributed by atoms with Crippen LogP contribution in [0.5, 0.6) is 0 Å². The van der Waals surface area contributed by atoms with E-state index in [1.165, 1.54) is 25.8 Å². The number of nitrogens with one attached hydrogen (secondary N) is 1. The molecule has 1 aliphatic rings. The summed E-state index contributed by atoms with van der Waals surface area (Å²) in [6, 6.07) is 0.